The van der Waals surface area contributed by atoms with Gasteiger partial charge in [0.05, 0.1) is 26.2 Å². The Morgan fingerprint density at radius 3 is 2.17 bits per heavy atom. The first-order chi connectivity index (χ1) is 16.9. The summed E-state index contributed by atoms with van der Waals surface area (Å²) in [6, 6.07) is 9.01. The fraction of sp³-hybridized carbons (Fsp3) is 0.440. The summed E-state index contributed by atoms with van der Waals surface area (Å²) in [6.07, 6.45) is 1.69. The van der Waals surface area contributed by atoms with Crippen LogP contribution in [-0.2, 0) is 26.2 Å². The zero-order valence-corrected chi connectivity index (χ0v) is 22.3. The molecule has 36 heavy (non-hydrogen) atoms. The van der Waals surface area contributed by atoms with Crippen molar-refractivity contribution in [2.45, 2.75) is 45.8 Å². The second-order valence-electron chi connectivity index (χ2n) is 8.45. The van der Waals surface area contributed by atoms with Gasteiger partial charge in [-0.1, -0.05) is 19.1 Å². The molecule has 1 N–H and O–H groups in total. The Morgan fingerprint density at radius 2 is 1.64 bits per heavy atom. The zero-order valence-electron chi connectivity index (χ0n) is 21.4. The normalized spacial score (nSPS) is 12.9. The lowest BCUT2D eigenvalue weighted by molar-refractivity contribution is -0.139. The smallest absolute Gasteiger partial charge is 0.244 e. The van der Waals surface area contributed by atoms with Gasteiger partial charge in [0.1, 0.15) is 18.4 Å². The van der Waals surface area contributed by atoms with Gasteiger partial charge in [0.2, 0.25) is 21.8 Å². The average Bonchev–Trinajstić information content (AvgIpc) is 2.85. The molecule has 9 nitrogen and oxygen atoms in total. The SMILES string of the molecule is CC[C@@H](C)NC(=O)[C@@H](C)N(Cc1ccc(F)cc1)C(=O)CN(c1ccc(OC)c(OC)c1)S(C)(=O)=O. The van der Waals surface area contributed by atoms with Crippen molar-refractivity contribution in [3.05, 3.63) is 53.8 Å². The minimum absolute atomic E-state index is 0.0161. The van der Waals surface area contributed by atoms with E-state index in [0.717, 1.165) is 10.6 Å². The zero-order chi connectivity index (χ0) is 27.0. The van der Waals surface area contributed by atoms with E-state index in [0.29, 0.717) is 23.5 Å². The minimum atomic E-state index is -3.90. The first-order valence-corrected chi connectivity index (χ1v) is 13.3. The number of hydrogen-bond acceptors (Lipinski definition) is 6. The lowest BCUT2D eigenvalue weighted by Gasteiger charge is -2.32. The molecule has 11 heteroatoms. The van der Waals surface area contributed by atoms with E-state index in [1.165, 1.54) is 61.6 Å². The molecule has 0 radical (unpaired) electrons. The van der Waals surface area contributed by atoms with Crippen LogP contribution in [0.1, 0.15) is 32.8 Å². The topological polar surface area (TPSA) is 105 Å². The predicted molar refractivity (Wildman–Crippen MR) is 136 cm³/mol. The van der Waals surface area contributed by atoms with Crippen LogP contribution in [0.4, 0.5) is 10.1 Å². The summed E-state index contributed by atoms with van der Waals surface area (Å²) in [4.78, 5) is 27.7. The van der Waals surface area contributed by atoms with Gasteiger partial charge in [-0.05, 0) is 50.1 Å². The van der Waals surface area contributed by atoms with Gasteiger partial charge in [0.15, 0.2) is 11.5 Å². The molecule has 2 rings (SSSR count). The second-order valence-corrected chi connectivity index (χ2v) is 10.4. The molecule has 2 amide bonds. The Bertz CT molecular complexity index is 1160. The highest BCUT2D eigenvalue weighted by molar-refractivity contribution is 7.92. The first-order valence-electron chi connectivity index (χ1n) is 11.4. The number of nitrogens with one attached hydrogen (secondary N) is 1. The molecule has 2 aromatic rings. The van der Waals surface area contributed by atoms with Crippen LogP contribution < -0.4 is 19.1 Å². The van der Waals surface area contributed by atoms with Gasteiger partial charge in [-0.2, -0.15) is 0 Å². The van der Waals surface area contributed by atoms with Crippen molar-refractivity contribution < 1.29 is 31.9 Å². The predicted octanol–water partition coefficient (Wildman–Crippen LogP) is 2.94. The summed E-state index contributed by atoms with van der Waals surface area (Å²) in [5.41, 5.74) is 0.784. The van der Waals surface area contributed by atoms with Crippen LogP contribution in [0.25, 0.3) is 0 Å². The molecule has 0 saturated carbocycles. The van der Waals surface area contributed by atoms with Crippen molar-refractivity contribution in [2.75, 3.05) is 31.3 Å². The Kier molecular flexibility index (Phi) is 10.1. The molecule has 0 heterocycles. The summed E-state index contributed by atoms with van der Waals surface area (Å²) < 4.78 is 50.2. The number of benzene rings is 2. The van der Waals surface area contributed by atoms with Gasteiger partial charge in [0, 0.05) is 18.7 Å². The van der Waals surface area contributed by atoms with Crippen LogP contribution in [0.15, 0.2) is 42.5 Å². The van der Waals surface area contributed by atoms with Crippen LogP contribution in [0.3, 0.4) is 0 Å². The van der Waals surface area contributed by atoms with Crippen molar-refractivity contribution in [1.82, 2.24) is 10.2 Å². The number of anilines is 1. The van der Waals surface area contributed by atoms with E-state index in [-0.39, 0.29) is 24.2 Å². The average molecular weight is 524 g/mol. The number of halogens is 1. The van der Waals surface area contributed by atoms with Crippen LogP contribution in [-0.4, -0.2) is 64.2 Å². The van der Waals surface area contributed by atoms with Crippen molar-refractivity contribution in [1.29, 1.82) is 0 Å². The molecule has 0 bridgehead atoms. The molecule has 0 fully saturated rings. The molecular formula is C25H34FN3O6S. The molecule has 198 valence electrons. The highest BCUT2D eigenvalue weighted by Crippen LogP contribution is 2.32. The van der Waals surface area contributed by atoms with E-state index in [1.807, 2.05) is 13.8 Å². The Hall–Kier alpha value is -3.34. The molecule has 0 spiro atoms. The number of nitrogens with zero attached hydrogens (tertiary/aromatic N) is 2. The van der Waals surface area contributed by atoms with Gasteiger partial charge in [-0.15, -0.1) is 0 Å². The fourth-order valence-electron chi connectivity index (χ4n) is 3.43. The van der Waals surface area contributed by atoms with E-state index in [4.69, 9.17) is 9.47 Å². The van der Waals surface area contributed by atoms with Gasteiger partial charge < -0.3 is 19.7 Å². The van der Waals surface area contributed by atoms with E-state index in [2.05, 4.69) is 5.32 Å². The lowest BCUT2D eigenvalue weighted by Crippen LogP contribution is -2.52. The largest absolute Gasteiger partial charge is 0.493 e. The van der Waals surface area contributed by atoms with Gasteiger partial charge in [-0.3, -0.25) is 13.9 Å². The van der Waals surface area contributed by atoms with Crippen LogP contribution in [0, 0.1) is 5.82 Å². The second kappa shape index (κ2) is 12.6. The quantitative estimate of drug-likeness (QED) is 0.459. The van der Waals surface area contributed by atoms with E-state index >= 15 is 0 Å². The monoisotopic (exact) mass is 523 g/mol. The van der Waals surface area contributed by atoms with Crippen molar-refractivity contribution >= 4 is 27.5 Å². The molecule has 2 aromatic carbocycles. The molecule has 0 aromatic heterocycles. The van der Waals surface area contributed by atoms with Crippen molar-refractivity contribution in [3.63, 3.8) is 0 Å². The summed E-state index contributed by atoms with van der Waals surface area (Å²) in [5.74, 6) is -0.728. The first kappa shape index (κ1) is 28.9. The van der Waals surface area contributed by atoms with Crippen molar-refractivity contribution in [2.24, 2.45) is 0 Å². The number of amides is 2. The van der Waals surface area contributed by atoms with E-state index in [1.54, 1.807) is 6.92 Å². The molecule has 0 aliphatic rings. The maximum atomic E-state index is 13.5. The highest BCUT2D eigenvalue weighted by atomic mass is 32.2. The molecule has 0 aliphatic carbocycles. The molecule has 0 unspecified atom stereocenters. The highest BCUT2D eigenvalue weighted by Gasteiger charge is 2.30. The maximum Gasteiger partial charge on any atom is 0.244 e. The third-order valence-corrected chi connectivity index (χ3v) is 6.91. The number of carbonyl (C=O) groups excluding carboxylic acids is 2. The third-order valence-electron chi connectivity index (χ3n) is 5.77. The molecule has 0 aliphatic heterocycles. The van der Waals surface area contributed by atoms with Gasteiger partial charge >= 0.3 is 0 Å². The number of methoxy groups -OCH3 is 2. The number of rotatable bonds is 12. The number of ether oxygens (including phenoxy) is 2. The number of sulfonamides is 1. The Balaban J connectivity index is 2.43. The van der Waals surface area contributed by atoms with Crippen LogP contribution in [0.2, 0.25) is 0 Å². The Labute approximate surface area is 212 Å². The third kappa shape index (κ3) is 7.58. The van der Waals surface area contributed by atoms with Crippen LogP contribution in [0.5, 0.6) is 11.5 Å². The fourth-order valence-corrected chi connectivity index (χ4v) is 4.27. The number of carbonyl (C=O) groups is 2. The van der Waals surface area contributed by atoms with Gasteiger partial charge in [-0.25, -0.2) is 12.8 Å². The maximum absolute atomic E-state index is 13.5. The minimum Gasteiger partial charge on any atom is -0.493 e. The summed E-state index contributed by atoms with van der Waals surface area (Å²) in [5, 5.41) is 2.85. The number of hydrogen-bond donors (Lipinski definition) is 1. The lowest BCUT2D eigenvalue weighted by atomic mass is 10.1. The molecular weight excluding hydrogens is 489 g/mol. The summed E-state index contributed by atoms with van der Waals surface area (Å²) in [7, 11) is -1.03. The standard InChI is InChI=1S/C25H34FN3O6S/c1-7-17(2)27-25(31)18(3)28(15-19-8-10-20(26)11-9-19)24(30)16-29(36(6,32)33)21-12-13-22(34-4)23(14-21)35-5/h8-14,17-18H,7,15-16H2,1-6H3,(H,27,31)/t17-,18-/m1/s1. The molecule has 2 atom stereocenters. The summed E-state index contributed by atoms with van der Waals surface area (Å²) in [6.45, 7) is 4.76. The van der Waals surface area contributed by atoms with Crippen LogP contribution >= 0.6 is 0 Å². The van der Waals surface area contributed by atoms with Crippen molar-refractivity contribution in [3.8, 4) is 11.5 Å². The Morgan fingerprint density at radius 1 is 1.03 bits per heavy atom. The van der Waals surface area contributed by atoms with E-state index < -0.39 is 34.3 Å². The molecule has 0 saturated heterocycles. The van der Waals surface area contributed by atoms with E-state index in [9.17, 15) is 22.4 Å². The summed E-state index contributed by atoms with van der Waals surface area (Å²) >= 11 is 0. The van der Waals surface area contributed by atoms with Gasteiger partial charge in [0.25, 0.3) is 0 Å².